The highest BCUT2D eigenvalue weighted by atomic mass is 19.2. The van der Waals surface area contributed by atoms with Crippen molar-refractivity contribution in [3.05, 3.63) is 29.6 Å². The van der Waals surface area contributed by atoms with Crippen LogP contribution in [0.4, 0.5) is 18.9 Å². The van der Waals surface area contributed by atoms with Gasteiger partial charge >= 0.3 is 11.8 Å². The monoisotopic (exact) mass is 330 g/mol. The molecule has 8 heteroatoms. The fourth-order valence-corrected chi connectivity index (χ4v) is 2.69. The number of hydrogen-bond donors (Lipinski definition) is 3. The lowest BCUT2D eigenvalue weighted by atomic mass is 9.86. The maximum Gasteiger partial charge on any atom is 0.313 e. The molecule has 0 aromatic heterocycles. The minimum absolute atomic E-state index is 0.142. The highest BCUT2D eigenvalue weighted by Gasteiger charge is 2.39. The zero-order valence-electron chi connectivity index (χ0n) is 12.5. The lowest BCUT2D eigenvalue weighted by Crippen LogP contribution is -2.48. The predicted molar refractivity (Wildman–Crippen MR) is 75.9 cm³/mol. The van der Waals surface area contributed by atoms with Gasteiger partial charge in [-0.2, -0.15) is 0 Å². The summed E-state index contributed by atoms with van der Waals surface area (Å²) in [6.07, 6.45) is 2.10. The number of aliphatic hydroxyl groups excluding tert-OH is 1. The van der Waals surface area contributed by atoms with Crippen molar-refractivity contribution in [1.29, 1.82) is 0 Å². The van der Waals surface area contributed by atoms with Gasteiger partial charge in [-0.1, -0.05) is 13.3 Å². The van der Waals surface area contributed by atoms with Gasteiger partial charge in [0.25, 0.3) is 0 Å². The summed E-state index contributed by atoms with van der Waals surface area (Å²) in [6, 6.07) is 0.354. The Hall–Kier alpha value is -2.09. The van der Waals surface area contributed by atoms with Crippen molar-refractivity contribution >= 4 is 17.5 Å². The smallest absolute Gasteiger partial charge is 0.313 e. The molecule has 1 aromatic rings. The van der Waals surface area contributed by atoms with E-state index in [1.54, 1.807) is 6.92 Å². The number of nitrogens with one attached hydrogen (secondary N) is 2. The number of carbonyl (C=O) groups excluding carboxylic acids is 2. The minimum atomic E-state index is -1.39. The largest absolute Gasteiger partial charge is 0.396 e. The van der Waals surface area contributed by atoms with Gasteiger partial charge in [-0.3, -0.25) is 9.59 Å². The quantitative estimate of drug-likeness (QED) is 0.583. The second kappa shape index (κ2) is 6.57. The number of aliphatic hydroxyl groups is 1. The first-order valence-corrected chi connectivity index (χ1v) is 7.14. The molecule has 0 radical (unpaired) electrons. The Kier molecular flexibility index (Phi) is 4.93. The van der Waals surface area contributed by atoms with Crippen LogP contribution in [-0.2, 0) is 9.59 Å². The van der Waals surface area contributed by atoms with Gasteiger partial charge in [0.05, 0.1) is 12.3 Å². The normalized spacial score (nSPS) is 23.6. The van der Waals surface area contributed by atoms with Gasteiger partial charge in [-0.05, 0) is 12.8 Å². The molecule has 0 spiro atoms. The van der Waals surface area contributed by atoms with E-state index in [0.29, 0.717) is 18.9 Å². The summed E-state index contributed by atoms with van der Waals surface area (Å²) >= 11 is 0. The van der Waals surface area contributed by atoms with Crippen LogP contribution < -0.4 is 10.6 Å². The Morgan fingerprint density at radius 2 is 1.87 bits per heavy atom. The van der Waals surface area contributed by atoms with Crippen LogP contribution >= 0.6 is 0 Å². The van der Waals surface area contributed by atoms with Crippen molar-refractivity contribution in [2.45, 2.75) is 32.2 Å². The number of benzene rings is 1. The Bertz CT molecular complexity index is 639. The molecule has 23 heavy (non-hydrogen) atoms. The van der Waals surface area contributed by atoms with Crippen LogP contribution in [-0.4, -0.2) is 29.6 Å². The van der Waals surface area contributed by atoms with Crippen molar-refractivity contribution < 1.29 is 27.9 Å². The topological polar surface area (TPSA) is 78.4 Å². The number of halogens is 3. The molecule has 2 rings (SSSR count). The molecule has 0 saturated heterocycles. The maximum absolute atomic E-state index is 13.5. The zero-order chi connectivity index (χ0) is 17.2. The first-order valence-electron chi connectivity index (χ1n) is 7.14. The van der Waals surface area contributed by atoms with Crippen LogP contribution in [0, 0.1) is 22.9 Å². The third kappa shape index (κ3) is 3.64. The maximum atomic E-state index is 13.5. The van der Waals surface area contributed by atoms with Crippen molar-refractivity contribution in [1.82, 2.24) is 5.32 Å². The molecule has 1 aliphatic rings. The molecular formula is C15H17F3N2O3. The predicted octanol–water partition coefficient (Wildman–Crippen LogP) is 1.71. The molecule has 126 valence electrons. The van der Waals surface area contributed by atoms with Gasteiger partial charge in [0.1, 0.15) is 5.82 Å². The molecule has 5 nitrogen and oxygen atoms in total. The molecule has 3 N–H and O–H groups in total. The van der Waals surface area contributed by atoms with E-state index in [4.69, 9.17) is 0 Å². The van der Waals surface area contributed by atoms with E-state index in [1.807, 2.05) is 5.32 Å². The van der Waals surface area contributed by atoms with Crippen LogP contribution in [0.1, 0.15) is 26.2 Å². The molecule has 0 heterocycles. The lowest BCUT2D eigenvalue weighted by Gasteiger charge is -2.29. The van der Waals surface area contributed by atoms with E-state index in [2.05, 4.69) is 5.32 Å². The molecule has 1 fully saturated rings. The Morgan fingerprint density at radius 1 is 1.22 bits per heavy atom. The first kappa shape index (κ1) is 17.3. The highest BCUT2D eigenvalue weighted by Crippen LogP contribution is 2.37. The van der Waals surface area contributed by atoms with Gasteiger partial charge in [-0.15, -0.1) is 0 Å². The molecule has 1 aromatic carbocycles. The van der Waals surface area contributed by atoms with Crippen LogP contribution in [0.15, 0.2) is 12.1 Å². The van der Waals surface area contributed by atoms with Crippen molar-refractivity contribution in [2.24, 2.45) is 5.41 Å². The fraction of sp³-hybridized carbons (Fsp3) is 0.467. The van der Waals surface area contributed by atoms with Gasteiger partial charge < -0.3 is 15.7 Å². The van der Waals surface area contributed by atoms with E-state index in [-0.39, 0.29) is 18.7 Å². The lowest BCUT2D eigenvalue weighted by molar-refractivity contribution is -0.137. The Balaban J connectivity index is 2.04. The molecule has 1 aliphatic carbocycles. The summed E-state index contributed by atoms with van der Waals surface area (Å²) in [4.78, 5) is 23.7. The summed E-state index contributed by atoms with van der Waals surface area (Å²) in [7, 11) is 0. The molecule has 0 aliphatic heterocycles. The van der Waals surface area contributed by atoms with Gasteiger partial charge in [0.2, 0.25) is 0 Å². The van der Waals surface area contributed by atoms with Crippen LogP contribution in [0.5, 0.6) is 0 Å². The number of carbonyl (C=O) groups is 2. The van der Waals surface area contributed by atoms with E-state index in [0.717, 1.165) is 6.42 Å². The van der Waals surface area contributed by atoms with E-state index >= 15 is 0 Å². The molecule has 2 amide bonds. The summed E-state index contributed by atoms with van der Waals surface area (Å²) in [6.45, 7) is 1.65. The third-order valence-electron chi connectivity index (χ3n) is 4.21. The van der Waals surface area contributed by atoms with Gasteiger partial charge in [-0.25, -0.2) is 13.2 Å². The number of rotatable bonds is 3. The number of amides is 2. The first-order chi connectivity index (χ1) is 10.8. The fourth-order valence-electron chi connectivity index (χ4n) is 2.69. The van der Waals surface area contributed by atoms with Gasteiger partial charge in [0, 0.05) is 23.6 Å². The summed E-state index contributed by atoms with van der Waals surface area (Å²) < 4.78 is 39.3. The SMILES string of the molecule is CC1(CO)CCCC1NC(=O)C(=O)Nc1cc(F)c(F)cc1F. The highest BCUT2D eigenvalue weighted by molar-refractivity contribution is 6.39. The average molecular weight is 330 g/mol. The van der Waals surface area contributed by atoms with Crippen molar-refractivity contribution in [3.8, 4) is 0 Å². The Morgan fingerprint density at radius 3 is 2.52 bits per heavy atom. The second-order valence-electron chi connectivity index (χ2n) is 5.93. The van der Waals surface area contributed by atoms with E-state index in [9.17, 15) is 27.9 Å². The van der Waals surface area contributed by atoms with Gasteiger partial charge in [0.15, 0.2) is 11.6 Å². The number of hydrogen-bond acceptors (Lipinski definition) is 3. The molecular weight excluding hydrogens is 313 g/mol. The zero-order valence-corrected chi connectivity index (χ0v) is 12.5. The van der Waals surface area contributed by atoms with E-state index < -0.39 is 40.4 Å². The van der Waals surface area contributed by atoms with E-state index in [1.165, 1.54) is 0 Å². The van der Waals surface area contributed by atoms with Crippen LogP contribution in [0.3, 0.4) is 0 Å². The molecule has 0 bridgehead atoms. The number of anilines is 1. The average Bonchev–Trinajstić information content (AvgIpc) is 2.86. The molecule has 2 atom stereocenters. The van der Waals surface area contributed by atoms with Crippen LogP contribution in [0.2, 0.25) is 0 Å². The molecule has 2 unspecified atom stereocenters. The third-order valence-corrected chi connectivity index (χ3v) is 4.21. The summed E-state index contributed by atoms with van der Waals surface area (Å²) in [5.74, 6) is -6.14. The second-order valence-corrected chi connectivity index (χ2v) is 5.93. The van der Waals surface area contributed by atoms with Crippen LogP contribution in [0.25, 0.3) is 0 Å². The summed E-state index contributed by atoms with van der Waals surface area (Å²) in [5, 5.41) is 13.8. The minimum Gasteiger partial charge on any atom is -0.396 e. The standard InChI is InChI=1S/C15H17F3N2O3/c1-15(7-21)4-2-3-12(15)20-14(23)13(22)19-11-6-9(17)8(16)5-10(11)18/h5-6,12,21H,2-4,7H2,1H3,(H,19,22)(H,20,23). The Labute approximate surface area is 130 Å². The summed E-state index contributed by atoms with van der Waals surface area (Å²) in [5.41, 5.74) is -1.15. The van der Waals surface area contributed by atoms with Crippen molar-refractivity contribution in [2.75, 3.05) is 11.9 Å². The molecule has 1 saturated carbocycles. The van der Waals surface area contributed by atoms with Crippen molar-refractivity contribution in [3.63, 3.8) is 0 Å².